The van der Waals surface area contributed by atoms with Gasteiger partial charge >= 0.3 is 5.97 Å². The van der Waals surface area contributed by atoms with Crippen LogP contribution >= 0.6 is 0 Å². The van der Waals surface area contributed by atoms with Crippen molar-refractivity contribution < 1.29 is 9.53 Å². The van der Waals surface area contributed by atoms with Crippen LogP contribution < -0.4 is 0 Å². The summed E-state index contributed by atoms with van der Waals surface area (Å²) in [6.45, 7) is 7.06. The Kier molecular flexibility index (Phi) is 5.75. The van der Waals surface area contributed by atoms with E-state index < -0.39 is 0 Å². The van der Waals surface area contributed by atoms with Crippen LogP contribution in [0.1, 0.15) is 44.0 Å². The minimum absolute atomic E-state index is 0.215. The number of carbonyl (C=O) groups is 1. The minimum Gasteiger partial charge on any atom is -0.462 e. The van der Waals surface area contributed by atoms with Gasteiger partial charge in [-0.2, -0.15) is 0 Å². The maximum atomic E-state index is 11.7. The molecule has 0 spiro atoms. The van der Waals surface area contributed by atoms with Crippen molar-refractivity contribution in [1.82, 2.24) is 0 Å². The lowest BCUT2D eigenvalue weighted by Crippen LogP contribution is -2.15. The molecule has 0 saturated carbocycles. The highest BCUT2D eigenvalue weighted by Gasteiger charge is 2.12. The second-order valence-electron chi connectivity index (χ2n) is 4.87. The highest BCUT2D eigenvalue weighted by Crippen LogP contribution is 2.16. The third-order valence-corrected chi connectivity index (χ3v) is 2.84. The molecule has 0 fully saturated rings. The van der Waals surface area contributed by atoms with Crippen LogP contribution in [0.2, 0.25) is 0 Å². The van der Waals surface area contributed by atoms with E-state index in [1.807, 2.05) is 18.2 Å². The van der Waals surface area contributed by atoms with E-state index in [9.17, 15) is 4.79 Å². The third-order valence-electron chi connectivity index (χ3n) is 2.84. The summed E-state index contributed by atoms with van der Waals surface area (Å²) in [7, 11) is 0. The Labute approximate surface area is 104 Å². The van der Waals surface area contributed by atoms with Gasteiger partial charge in [0.1, 0.15) is 0 Å². The molecule has 0 aliphatic heterocycles. The van der Waals surface area contributed by atoms with Gasteiger partial charge in [0.25, 0.3) is 0 Å². The molecular formula is C15H22O2. The van der Waals surface area contributed by atoms with Gasteiger partial charge in [0.2, 0.25) is 0 Å². The standard InChI is InChI=1S/C15H22O2/c1-4-13(10-12(2)3)11-17-15(16)14-8-6-5-7-9-14/h5-9,12-13H,4,10-11H2,1-3H3. The summed E-state index contributed by atoms with van der Waals surface area (Å²) < 4.78 is 5.34. The average molecular weight is 234 g/mol. The first-order chi connectivity index (χ1) is 8.13. The third kappa shape index (κ3) is 5.03. The molecule has 0 N–H and O–H groups in total. The second kappa shape index (κ2) is 7.10. The van der Waals surface area contributed by atoms with Crippen LogP contribution in [0, 0.1) is 11.8 Å². The number of hydrogen-bond donors (Lipinski definition) is 0. The Hall–Kier alpha value is -1.31. The zero-order valence-corrected chi connectivity index (χ0v) is 11.0. The van der Waals surface area contributed by atoms with Gasteiger partial charge in [-0.1, -0.05) is 45.4 Å². The molecule has 0 saturated heterocycles. The van der Waals surface area contributed by atoms with Crippen molar-refractivity contribution in [3.8, 4) is 0 Å². The van der Waals surface area contributed by atoms with Crippen LogP contribution in [-0.4, -0.2) is 12.6 Å². The fourth-order valence-electron chi connectivity index (χ4n) is 1.87. The van der Waals surface area contributed by atoms with Gasteiger partial charge in [-0.05, 0) is 30.4 Å². The summed E-state index contributed by atoms with van der Waals surface area (Å²) in [5, 5.41) is 0. The first kappa shape index (κ1) is 13.8. The Morgan fingerprint density at radius 2 is 1.88 bits per heavy atom. The highest BCUT2D eigenvalue weighted by atomic mass is 16.5. The highest BCUT2D eigenvalue weighted by molar-refractivity contribution is 5.89. The van der Waals surface area contributed by atoms with Crippen LogP contribution in [0.4, 0.5) is 0 Å². The number of carbonyl (C=O) groups excluding carboxylic acids is 1. The van der Waals surface area contributed by atoms with E-state index in [1.54, 1.807) is 12.1 Å². The lowest BCUT2D eigenvalue weighted by Gasteiger charge is -2.17. The Bertz CT molecular complexity index is 330. The first-order valence-electron chi connectivity index (χ1n) is 6.35. The van der Waals surface area contributed by atoms with Crippen LogP contribution in [-0.2, 0) is 4.74 Å². The van der Waals surface area contributed by atoms with Gasteiger partial charge in [0.05, 0.1) is 12.2 Å². The summed E-state index contributed by atoms with van der Waals surface area (Å²) >= 11 is 0. The van der Waals surface area contributed by atoms with Crippen molar-refractivity contribution >= 4 is 5.97 Å². The Morgan fingerprint density at radius 1 is 1.24 bits per heavy atom. The number of benzene rings is 1. The van der Waals surface area contributed by atoms with Gasteiger partial charge in [-0.25, -0.2) is 4.79 Å². The van der Waals surface area contributed by atoms with Gasteiger partial charge in [0.15, 0.2) is 0 Å². The molecule has 0 aliphatic rings. The number of esters is 1. The molecule has 0 aliphatic carbocycles. The topological polar surface area (TPSA) is 26.3 Å². The van der Waals surface area contributed by atoms with E-state index >= 15 is 0 Å². The summed E-state index contributed by atoms with van der Waals surface area (Å²) in [5.74, 6) is 0.908. The molecule has 2 nitrogen and oxygen atoms in total. The second-order valence-corrected chi connectivity index (χ2v) is 4.87. The van der Waals surface area contributed by atoms with Crippen molar-refractivity contribution in [2.75, 3.05) is 6.61 Å². The van der Waals surface area contributed by atoms with E-state index in [2.05, 4.69) is 20.8 Å². The molecule has 94 valence electrons. The molecule has 1 atom stereocenters. The number of hydrogen-bond acceptors (Lipinski definition) is 2. The average Bonchev–Trinajstić information content (AvgIpc) is 2.34. The van der Waals surface area contributed by atoms with Crippen LogP contribution in [0.15, 0.2) is 30.3 Å². The maximum absolute atomic E-state index is 11.7. The normalized spacial score (nSPS) is 12.5. The molecule has 0 heterocycles. The molecular weight excluding hydrogens is 212 g/mol. The summed E-state index contributed by atoms with van der Waals surface area (Å²) in [5.41, 5.74) is 0.631. The SMILES string of the molecule is CCC(COC(=O)c1ccccc1)CC(C)C. The molecule has 0 bridgehead atoms. The van der Waals surface area contributed by atoms with E-state index in [0.29, 0.717) is 24.0 Å². The Morgan fingerprint density at radius 3 is 2.41 bits per heavy atom. The molecule has 1 aromatic carbocycles. The van der Waals surface area contributed by atoms with E-state index in [4.69, 9.17) is 4.74 Å². The predicted octanol–water partition coefficient (Wildman–Crippen LogP) is 3.92. The van der Waals surface area contributed by atoms with E-state index in [0.717, 1.165) is 12.8 Å². The maximum Gasteiger partial charge on any atom is 0.338 e. The van der Waals surface area contributed by atoms with Crippen LogP contribution in [0.3, 0.4) is 0 Å². The fraction of sp³-hybridized carbons (Fsp3) is 0.533. The van der Waals surface area contributed by atoms with Crippen molar-refractivity contribution in [3.63, 3.8) is 0 Å². The van der Waals surface area contributed by atoms with Gasteiger partial charge in [-0.3, -0.25) is 0 Å². The summed E-state index contributed by atoms with van der Waals surface area (Å²) in [4.78, 5) is 11.7. The fourth-order valence-corrected chi connectivity index (χ4v) is 1.87. The predicted molar refractivity (Wildman–Crippen MR) is 70.0 cm³/mol. The number of rotatable bonds is 6. The molecule has 1 rings (SSSR count). The molecule has 2 heteroatoms. The van der Waals surface area contributed by atoms with E-state index in [-0.39, 0.29) is 5.97 Å². The molecule has 17 heavy (non-hydrogen) atoms. The van der Waals surface area contributed by atoms with Gasteiger partial charge in [0, 0.05) is 0 Å². The van der Waals surface area contributed by atoms with Crippen molar-refractivity contribution in [3.05, 3.63) is 35.9 Å². The molecule has 0 amide bonds. The van der Waals surface area contributed by atoms with Crippen LogP contribution in [0.25, 0.3) is 0 Å². The number of ether oxygens (including phenoxy) is 1. The zero-order valence-electron chi connectivity index (χ0n) is 11.0. The summed E-state index contributed by atoms with van der Waals surface area (Å²) in [6.07, 6.45) is 2.17. The lowest BCUT2D eigenvalue weighted by atomic mass is 9.96. The largest absolute Gasteiger partial charge is 0.462 e. The smallest absolute Gasteiger partial charge is 0.338 e. The van der Waals surface area contributed by atoms with E-state index in [1.165, 1.54) is 0 Å². The summed E-state index contributed by atoms with van der Waals surface area (Å²) in [6, 6.07) is 9.16. The minimum atomic E-state index is -0.215. The van der Waals surface area contributed by atoms with Gasteiger partial charge in [-0.15, -0.1) is 0 Å². The first-order valence-corrected chi connectivity index (χ1v) is 6.35. The zero-order chi connectivity index (χ0) is 12.7. The molecule has 0 aromatic heterocycles. The molecule has 0 radical (unpaired) electrons. The monoisotopic (exact) mass is 234 g/mol. The lowest BCUT2D eigenvalue weighted by molar-refractivity contribution is 0.0420. The molecule has 1 unspecified atom stereocenters. The van der Waals surface area contributed by atoms with Crippen molar-refractivity contribution in [1.29, 1.82) is 0 Å². The van der Waals surface area contributed by atoms with Crippen molar-refractivity contribution in [2.45, 2.75) is 33.6 Å². The van der Waals surface area contributed by atoms with Crippen LogP contribution in [0.5, 0.6) is 0 Å². The Balaban J connectivity index is 2.42. The van der Waals surface area contributed by atoms with Gasteiger partial charge < -0.3 is 4.74 Å². The molecule has 1 aromatic rings. The van der Waals surface area contributed by atoms with Crippen molar-refractivity contribution in [2.24, 2.45) is 11.8 Å². The quantitative estimate of drug-likeness (QED) is 0.697.